The topological polar surface area (TPSA) is 178 Å². The van der Waals surface area contributed by atoms with Crippen molar-refractivity contribution in [1.82, 2.24) is 0 Å². The maximum Gasteiger partial charge on any atom is 0.472 e. The first-order valence-corrected chi connectivity index (χ1v) is 22.6. The van der Waals surface area contributed by atoms with Crippen LogP contribution in [0.3, 0.4) is 0 Å². The molecule has 0 saturated heterocycles. The van der Waals surface area contributed by atoms with Crippen LogP contribution in [-0.2, 0) is 27.9 Å². The van der Waals surface area contributed by atoms with Crippen LogP contribution in [0.5, 0.6) is 0 Å². The van der Waals surface area contributed by atoms with Crippen LogP contribution in [0.2, 0.25) is 0 Å². The van der Waals surface area contributed by atoms with Gasteiger partial charge in [-0.3, -0.25) is 13.8 Å². The van der Waals surface area contributed by atoms with E-state index in [0.717, 1.165) is 19.3 Å². The fourth-order valence-electron chi connectivity index (χ4n) is 5.48. The van der Waals surface area contributed by atoms with Gasteiger partial charge in [-0.05, 0) is 32.1 Å². The van der Waals surface area contributed by atoms with Gasteiger partial charge in [-0.2, -0.15) is 0 Å². The van der Waals surface area contributed by atoms with Gasteiger partial charge in [0.15, 0.2) is 0 Å². The third kappa shape index (κ3) is 38.7. The summed E-state index contributed by atoms with van der Waals surface area (Å²) in [5, 5.41) is 29.7. The summed E-state index contributed by atoms with van der Waals surface area (Å²) < 4.78 is 33.2. The van der Waals surface area contributed by atoms with Crippen LogP contribution < -0.4 is 5.73 Å². The smallest absolute Gasteiger partial charge is 0.457 e. The fourth-order valence-corrected chi connectivity index (χ4v) is 6.24. The summed E-state index contributed by atoms with van der Waals surface area (Å²) in [6.45, 7) is 4.19. The Morgan fingerprint density at radius 3 is 1.73 bits per heavy atom. The number of allylic oxidation sites excluding steroid dienone is 6. The van der Waals surface area contributed by atoms with Gasteiger partial charge in [-0.15, -0.1) is 0 Å². The van der Waals surface area contributed by atoms with Gasteiger partial charge in [-0.1, -0.05) is 171 Å². The summed E-state index contributed by atoms with van der Waals surface area (Å²) in [5.41, 5.74) is 5.34. The van der Waals surface area contributed by atoms with E-state index < -0.39 is 38.2 Å². The molecule has 0 aliphatic carbocycles. The summed E-state index contributed by atoms with van der Waals surface area (Å²) in [5.74, 6) is -0.528. The second-order valence-corrected chi connectivity index (χ2v) is 15.5. The number of hydrogen-bond acceptors (Lipinski definition) is 10. The summed E-state index contributed by atoms with van der Waals surface area (Å²) >= 11 is 0. The lowest BCUT2D eigenvalue weighted by molar-refractivity contribution is -0.154. The monoisotopic (exact) mass is 800 g/mol. The molecule has 5 atom stereocenters. The van der Waals surface area contributed by atoms with E-state index in [1.807, 2.05) is 13.0 Å². The molecule has 6 N–H and O–H groups in total. The molecule has 0 aromatic rings. The van der Waals surface area contributed by atoms with E-state index in [-0.39, 0.29) is 32.8 Å². The molecule has 0 heterocycles. The van der Waals surface area contributed by atoms with Crippen LogP contribution in [0.25, 0.3) is 0 Å². The largest absolute Gasteiger partial charge is 0.472 e. The van der Waals surface area contributed by atoms with Crippen molar-refractivity contribution in [3.05, 3.63) is 60.8 Å². The lowest BCUT2D eigenvalue weighted by Gasteiger charge is -2.20. The first kappa shape index (κ1) is 53.1. The molecule has 0 aromatic heterocycles. The molecule has 0 saturated carbocycles. The Labute approximate surface area is 333 Å². The summed E-state index contributed by atoms with van der Waals surface area (Å²) in [7, 11) is -4.35. The number of rotatable bonds is 39. The summed E-state index contributed by atoms with van der Waals surface area (Å²) in [4.78, 5) is 22.5. The van der Waals surface area contributed by atoms with E-state index >= 15 is 0 Å². The Morgan fingerprint density at radius 2 is 1.16 bits per heavy atom. The standard InChI is InChI=1S/C43H78NO10P/c1-3-5-6-7-8-9-10-11-12-13-14-15-16-17-20-26-35-51-37-42(38-53-55(49,50)52-36-34-44)54-43(48)33-27-32-41(47)30-23-19-18-22-29-40(46)31-25-21-24-28-39(45)4-2/h18-19,21-25,28-30,39-42,45-47H,3-17,20,26-27,31-38,44H2,1-2H3,(H,49,50)/b19-18-,25-21-,28-24+,29-22+,30-23+. The Hall–Kier alpha value is -1.92. The fraction of sp³-hybridized carbons (Fsp3) is 0.744. The molecule has 0 rings (SSSR count). The van der Waals surface area contributed by atoms with Crippen molar-refractivity contribution in [3.8, 4) is 0 Å². The number of aliphatic hydroxyl groups excluding tert-OH is 3. The number of hydrogen-bond donors (Lipinski definition) is 5. The van der Waals surface area contributed by atoms with Gasteiger partial charge < -0.3 is 35.4 Å². The molecule has 0 fully saturated rings. The molecule has 11 nitrogen and oxygen atoms in total. The highest BCUT2D eigenvalue weighted by atomic mass is 31.2. The Bertz CT molecular complexity index is 1080. The molecule has 0 amide bonds. The predicted octanol–water partition coefficient (Wildman–Crippen LogP) is 9.10. The third-order valence-electron chi connectivity index (χ3n) is 8.80. The van der Waals surface area contributed by atoms with E-state index in [2.05, 4.69) is 6.92 Å². The molecule has 12 heteroatoms. The van der Waals surface area contributed by atoms with Crippen molar-refractivity contribution in [2.24, 2.45) is 5.73 Å². The molecule has 0 aliphatic heterocycles. The van der Waals surface area contributed by atoms with Gasteiger partial charge in [-0.25, -0.2) is 4.57 Å². The number of ether oxygens (including phenoxy) is 2. The van der Waals surface area contributed by atoms with Crippen LogP contribution in [0.4, 0.5) is 0 Å². The van der Waals surface area contributed by atoms with Gasteiger partial charge in [0.25, 0.3) is 0 Å². The molecule has 0 spiro atoms. The number of phosphoric acid groups is 1. The zero-order valence-corrected chi connectivity index (χ0v) is 35.1. The number of unbranched alkanes of at least 4 members (excludes halogenated alkanes) is 15. The van der Waals surface area contributed by atoms with Crippen molar-refractivity contribution in [3.63, 3.8) is 0 Å². The van der Waals surface area contributed by atoms with Crippen LogP contribution in [-0.4, -0.2) is 83.6 Å². The molecule has 0 aliphatic rings. The molecule has 320 valence electrons. The molecule has 0 aromatic carbocycles. The van der Waals surface area contributed by atoms with E-state index in [0.29, 0.717) is 32.3 Å². The van der Waals surface area contributed by atoms with Crippen LogP contribution in [0.1, 0.15) is 149 Å². The van der Waals surface area contributed by atoms with Crippen molar-refractivity contribution in [2.75, 3.05) is 33.0 Å². The number of carbonyl (C=O) groups excluding carboxylic acids is 1. The van der Waals surface area contributed by atoms with Gasteiger partial charge in [0.1, 0.15) is 6.10 Å². The number of nitrogens with two attached hydrogens (primary N) is 1. The Balaban J connectivity index is 4.35. The van der Waals surface area contributed by atoms with Gasteiger partial charge in [0.05, 0.1) is 38.1 Å². The van der Waals surface area contributed by atoms with Crippen molar-refractivity contribution >= 4 is 13.8 Å². The second-order valence-electron chi connectivity index (χ2n) is 14.1. The lowest BCUT2D eigenvalue weighted by atomic mass is 10.0. The lowest BCUT2D eigenvalue weighted by Crippen LogP contribution is -2.28. The average molecular weight is 800 g/mol. The maximum atomic E-state index is 12.6. The molecule has 0 radical (unpaired) electrons. The highest BCUT2D eigenvalue weighted by Gasteiger charge is 2.25. The number of carbonyl (C=O) groups is 1. The molecular formula is C43H78NO10P. The summed E-state index contributed by atoms with van der Waals surface area (Å²) in [6, 6.07) is 0. The minimum atomic E-state index is -4.35. The van der Waals surface area contributed by atoms with E-state index in [9.17, 15) is 29.6 Å². The van der Waals surface area contributed by atoms with Gasteiger partial charge in [0, 0.05) is 19.6 Å². The minimum Gasteiger partial charge on any atom is -0.457 e. The maximum absolute atomic E-state index is 12.6. The third-order valence-corrected chi connectivity index (χ3v) is 9.78. The SMILES string of the molecule is CCCCCCCCCCCCCCCCCCOCC(COP(=O)(O)OCCN)OC(=O)CCCC(O)/C=C/C=C\C=C\C(O)C/C=C\C=C\C(O)CC. The normalized spacial score (nSPS) is 15.8. The Kier molecular flexibility index (Phi) is 37.6. The van der Waals surface area contributed by atoms with Gasteiger partial charge in [0.2, 0.25) is 0 Å². The highest BCUT2D eigenvalue weighted by molar-refractivity contribution is 7.47. The van der Waals surface area contributed by atoms with Crippen molar-refractivity contribution < 1.29 is 48.1 Å². The number of esters is 1. The zero-order chi connectivity index (χ0) is 40.7. The average Bonchev–Trinajstić information content (AvgIpc) is 3.16. The van der Waals surface area contributed by atoms with Crippen LogP contribution >= 0.6 is 7.82 Å². The summed E-state index contributed by atoms with van der Waals surface area (Å²) in [6.07, 6.45) is 36.8. The van der Waals surface area contributed by atoms with Gasteiger partial charge >= 0.3 is 13.8 Å². The predicted molar refractivity (Wildman–Crippen MR) is 224 cm³/mol. The first-order chi connectivity index (χ1) is 26.6. The number of aliphatic hydroxyl groups is 3. The van der Waals surface area contributed by atoms with E-state index in [1.54, 1.807) is 54.7 Å². The quantitative estimate of drug-likeness (QED) is 0.0173. The molecule has 0 bridgehead atoms. The minimum absolute atomic E-state index is 0.0165. The van der Waals surface area contributed by atoms with Crippen LogP contribution in [0.15, 0.2) is 60.8 Å². The number of phosphoric ester groups is 1. The zero-order valence-electron chi connectivity index (χ0n) is 34.2. The molecule has 55 heavy (non-hydrogen) atoms. The van der Waals surface area contributed by atoms with E-state index in [1.165, 1.54) is 83.5 Å². The molecule has 5 unspecified atom stereocenters. The second kappa shape index (κ2) is 38.9. The highest BCUT2D eigenvalue weighted by Crippen LogP contribution is 2.43. The van der Waals surface area contributed by atoms with Crippen molar-refractivity contribution in [1.29, 1.82) is 0 Å². The first-order valence-electron chi connectivity index (χ1n) is 21.1. The Morgan fingerprint density at radius 1 is 0.636 bits per heavy atom. The van der Waals surface area contributed by atoms with Crippen molar-refractivity contribution in [2.45, 2.75) is 173 Å². The molecular weight excluding hydrogens is 721 g/mol. The van der Waals surface area contributed by atoms with Crippen LogP contribution in [0, 0.1) is 0 Å². The van der Waals surface area contributed by atoms with E-state index in [4.69, 9.17) is 24.3 Å².